The fourth-order valence-electron chi connectivity index (χ4n) is 1.27. The normalized spacial score (nSPS) is 11.8. The smallest absolute Gasteiger partial charge is 0.307 e. The van der Waals surface area contributed by atoms with Crippen LogP contribution < -0.4 is 0 Å². The van der Waals surface area contributed by atoms with E-state index in [1.54, 1.807) is 6.92 Å². The van der Waals surface area contributed by atoms with Crippen LogP contribution in [0.2, 0.25) is 8.67 Å². The van der Waals surface area contributed by atoms with Crippen LogP contribution in [0, 0.1) is 0 Å². The van der Waals surface area contributed by atoms with Crippen molar-refractivity contribution in [3.05, 3.63) is 14.7 Å². The first-order chi connectivity index (χ1) is 8.78. The molecule has 0 N–H and O–H groups in total. The SMILES string of the molecule is CCOC(=O)CCN(C)S(=O)(=O)c1cc(Cl)sc1Cl. The van der Waals surface area contributed by atoms with Gasteiger partial charge in [-0.05, 0) is 13.0 Å². The molecule has 108 valence electrons. The summed E-state index contributed by atoms with van der Waals surface area (Å²) < 4.78 is 30.5. The van der Waals surface area contributed by atoms with Gasteiger partial charge in [-0.1, -0.05) is 23.2 Å². The molecule has 0 fully saturated rings. The highest BCUT2D eigenvalue weighted by Gasteiger charge is 2.26. The van der Waals surface area contributed by atoms with Crippen LogP contribution in [0.15, 0.2) is 11.0 Å². The second kappa shape index (κ2) is 6.90. The van der Waals surface area contributed by atoms with Crippen LogP contribution in [0.5, 0.6) is 0 Å². The molecular formula is C10H13Cl2NO4S2. The van der Waals surface area contributed by atoms with E-state index in [2.05, 4.69) is 0 Å². The zero-order valence-electron chi connectivity index (χ0n) is 10.4. The van der Waals surface area contributed by atoms with Gasteiger partial charge in [0.15, 0.2) is 0 Å². The molecule has 19 heavy (non-hydrogen) atoms. The van der Waals surface area contributed by atoms with Gasteiger partial charge in [-0.2, -0.15) is 0 Å². The third-order valence-electron chi connectivity index (χ3n) is 2.25. The number of hydrogen-bond acceptors (Lipinski definition) is 5. The lowest BCUT2D eigenvalue weighted by atomic mass is 10.4. The Balaban J connectivity index is 2.78. The molecule has 1 heterocycles. The van der Waals surface area contributed by atoms with E-state index in [-0.39, 0.29) is 28.8 Å². The number of carbonyl (C=O) groups is 1. The van der Waals surface area contributed by atoms with Crippen molar-refractivity contribution in [1.82, 2.24) is 4.31 Å². The van der Waals surface area contributed by atoms with Gasteiger partial charge in [0.25, 0.3) is 0 Å². The average molecular weight is 346 g/mol. The molecule has 0 bridgehead atoms. The quantitative estimate of drug-likeness (QED) is 0.743. The lowest BCUT2D eigenvalue weighted by Crippen LogP contribution is -2.29. The molecule has 0 saturated carbocycles. The zero-order chi connectivity index (χ0) is 14.6. The number of esters is 1. The Labute approximate surface area is 126 Å². The van der Waals surface area contributed by atoms with Crippen LogP contribution in [0.4, 0.5) is 0 Å². The van der Waals surface area contributed by atoms with Crippen LogP contribution in [0.25, 0.3) is 0 Å². The minimum absolute atomic E-state index is 0.0148. The average Bonchev–Trinajstić information content (AvgIpc) is 2.66. The lowest BCUT2D eigenvalue weighted by molar-refractivity contribution is -0.143. The maximum Gasteiger partial charge on any atom is 0.307 e. The Hall–Kier alpha value is -0.340. The summed E-state index contributed by atoms with van der Waals surface area (Å²) in [5.74, 6) is -0.445. The van der Waals surface area contributed by atoms with Crippen molar-refractivity contribution >= 4 is 50.5 Å². The van der Waals surface area contributed by atoms with Gasteiger partial charge < -0.3 is 4.74 Å². The topological polar surface area (TPSA) is 63.7 Å². The standard InChI is InChI=1S/C10H13Cl2NO4S2/c1-3-17-9(14)4-5-13(2)19(15,16)7-6-8(11)18-10(7)12/h6H,3-5H2,1-2H3. The molecule has 0 spiro atoms. The first-order valence-corrected chi connectivity index (χ1v) is 8.37. The lowest BCUT2D eigenvalue weighted by Gasteiger charge is -2.15. The summed E-state index contributed by atoms with van der Waals surface area (Å²) in [6.45, 7) is 1.97. The second-order valence-corrected chi connectivity index (χ2v) is 7.87. The van der Waals surface area contributed by atoms with Crippen molar-refractivity contribution < 1.29 is 17.9 Å². The highest BCUT2D eigenvalue weighted by Crippen LogP contribution is 2.35. The molecule has 0 saturated heterocycles. The molecule has 0 radical (unpaired) electrons. The van der Waals surface area contributed by atoms with Gasteiger partial charge >= 0.3 is 5.97 Å². The molecule has 0 unspecified atom stereocenters. The van der Waals surface area contributed by atoms with E-state index in [9.17, 15) is 13.2 Å². The first-order valence-electron chi connectivity index (χ1n) is 5.35. The van der Waals surface area contributed by atoms with Crippen molar-refractivity contribution in [3.8, 4) is 0 Å². The molecule has 0 aliphatic carbocycles. The molecule has 0 aliphatic heterocycles. The fourth-order valence-corrected chi connectivity index (χ4v) is 4.55. The van der Waals surface area contributed by atoms with Crippen LogP contribution >= 0.6 is 34.5 Å². The van der Waals surface area contributed by atoms with Gasteiger partial charge in [0.1, 0.15) is 9.23 Å². The van der Waals surface area contributed by atoms with E-state index >= 15 is 0 Å². The molecule has 5 nitrogen and oxygen atoms in total. The Morgan fingerprint density at radius 1 is 1.47 bits per heavy atom. The number of ether oxygens (including phenoxy) is 1. The summed E-state index contributed by atoms with van der Waals surface area (Å²) in [4.78, 5) is 11.1. The molecule has 1 aromatic rings. The molecule has 1 aromatic heterocycles. The van der Waals surface area contributed by atoms with E-state index in [0.29, 0.717) is 4.34 Å². The molecule has 9 heteroatoms. The van der Waals surface area contributed by atoms with Crippen molar-refractivity contribution in [2.24, 2.45) is 0 Å². The van der Waals surface area contributed by atoms with Crippen molar-refractivity contribution in [2.75, 3.05) is 20.2 Å². The third-order valence-corrected chi connectivity index (χ3v) is 5.86. The van der Waals surface area contributed by atoms with Gasteiger partial charge in [-0.25, -0.2) is 12.7 Å². The van der Waals surface area contributed by atoms with Crippen molar-refractivity contribution in [1.29, 1.82) is 0 Å². The molecule has 0 atom stereocenters. The van der Waals surface area contributed by atoms with Crippen LogP contribution in [-0.4, -0.2) is 38.9 Å². The van der Waals surface area contributed by atoms with E-state index in [0.717, 1.165) is 15.6 Å². The van der Waals surface area contributed by atoms with Gasteiger partial charge in [0.2, 0.25) is 10.0 Å². The van der Waals surface area contributed by atoms with E-state index in [1.165, 1.54) is 13.1 Å². The first kappa shape index (κ1) is 16.7. The number of sulfonamides is 1. The molecule has 0 amide bonds. The maximum absolute atomic E-state index is 12.2. The van der Waals surface area contributed by atoms with Gasteiger partial charge in [-0.15, -0.1) is 11.3 Å². The number of hydrogen-bond donors (Lipinski definition) is 0. The monoisotopic (exact) mass is 345 g/mol. The summed E-state index contributed by atoms with van der Waals surface area (Å²) in [6.07, 6.45) is -0.0148. The second-order valence-electron chi connectivity index (χ2n) is 3.57. The Morgan fingerprint density at radius 2 is 2.11 bits per heavy atom. The Morgan fingerprint density at radius 3 is 2.58 bits per heavy atom. The predicted molar refractivity (Wildman–Crippen MR) is 75.4 cm³/mol. The largest absolute Gasteiger partial charge is 0.466 e. The van der Waals surface area contributed by atoms with Crippen molar-refractivity contribution in [2.45, 2.75) is 18.2 Å². The number of rotatable bonds is 6. The molecular weight excluding hydrogens is 333 g/mol. The van der Waals surface area contributed by atoms with E-state index < -0.39 is 16.0 Å². The number of thiophene rings is 1. The Bertz CT molecular complexity index is 556. The van der Waals surface area contributed by atoms with Crippen LogP contribution in [0.1, 0.15) is 13.3 Å². The van der Waals surface area contributed by atoms with Crippen molar-refractivity contribution in [3.63, 3.8) is 0 Å². The van der Waals surface area contributed by atoms with Crippen LogP contribution in [-0.2, 0) is 19.6 Å². The van der Waals surface area contributed by atoms with E-state index in [4.69, 9.17) is 27.9 Å². The molecule has 1 rings (SSSR count). The minimum Gasteiger partial charge on any atom is -0.466 e. The van der Waals surface area contributed by atoms with Gasteiger partial charge in [0, 0.05) is 13.6 Å². The fraction of sp³-hybridized carbons (Fsp3) is 0.500. The number of carbonyl (C=O) groups excluding carboxylic acids is 1. The number of nitrogens with zero attached hydrogens (tertiary/aromatic N) is 1. The zero-order valence-corrected chi connectivity index (χ0v) is 13.5. The van der Waals surface area contributed by atoms with Gasteiger partial charge in [-0.3, -0.25) is 4.79 Å². The summed E-state index contributed by atoms with van der Waals surface area (Å²) in [6, 6.07) is 1.30. The highest BCUT2D eigenvalue weighted by molar-refractivity contribution is 7.89. The number of halogens is 2. The molecule has 0 aliphatic rings. The maximum atomic E-state index is 12.2. The summed E-state index contributed by atoms with van der Waals surface area (Å²) in [5.41, 5.74) is 0. The third kappa shape index (κ3) is 4.32. The van der Waals surface area contributed by atoms with Gasteiger partial charge in [0.05, 0.1) is 17.4 Å². The van der Waals surface area contributed by atoms with Crippen LogP contribution in [0.3, 0.4) is 0 Å². The summed E-state index contributed by atoms with van der Waals surface area (Å²) in [7, 11) is -2.37. The highest BCUT2D eigenvalue weighted by atomic mass is 35.5. The molecule has 0 aromatic carbocycles. The summed E-state index contributed by atoms with van der Waals surface area (Å²) >= 11 is 12.5. The predicted octanol–water partition coefficient (Wildman–Crippen LogP) is 2.63. The summed E-state index contributed by atoms with van der Waals surface area (Å²) in [5, 5.41) is 0. The minimum atomic E-state index is -3.74. The van der Waals surface area contributed by atoms with E-state index in [1.807, 2.05) is 0 Å². The Kier molecular flexibility index (Phi) is 6.07.